The number of hydrogen-bond acceptors (Lipinski definition) is 8. The number of pyridine rings is 6. The van der Waals surface area contributed by atoms with Crippen molar-refractivity contribution in [3.8, 4) is 67.3 Å². The molecular weight excluding hydrogens is 1440 g/mol. The van der Waals surface area contributed by atoms with Crippen LogP contribution in [0.15, 0.2) is 222 Å². The Morgan fingerprint density at radius 3 is 1.36 bits per heavy atom. The third-order valence-electron chi connectivity index (χ3n) is 15.2. The molecule has 0 spiro atoms. The zero-order valence-corrected chi connectivity index (χ0v) is 52.8. The van der Waals surface area contributed by atoms with Gasteiger partial charge in [0.05, 0.1) is 11.2 Å². The van der Waals surface area contributed by atoms with E-state index in [1.165, 1.54) is 66.6 Å². The van der Waals surface area contributed by atoms with Crippen LogP contribution in [-0.4, -0.2) is 29.9 Å². The van der Waals surface area contributed by atoms with E-state index in [9.17, 15) is 8.78 Å². The molecule has 0 N–H and O–H groups in total. The van der Waals surface area contributed by atoms with E-state index in [1.54, 1.807) is 42.9 Å². The smallest absolute Gasteiger partial charge is 0.216 e. The number of furan rings is 2. The van der Waals surface area contributed by atoms with Crippen molar-refractivity contribution in [3.63, 3.8) is 0 Å². The molecule has 0 atom stereocenters. The molecule has 8 heterocycles. The number of aromatic nitrogens is 6. The molecule has 8 aromatic heterocycles. The van der Waals surface area contributed by atoms with Gasteiger partial charge in [0, 0.05) is 87.2 Å². The standard InChI is InChI=1S/2C23H14FN2O.C16H16N.C13H12N.2Ir/c2*1-14-5-10-19-18-3-2-4-20(22(18)27-23(19)26-14)21-13-16(11-12-25-21)15-6-8-17(24)9-7-15;1-2-6-13(5-1)14-8-10-15(11-9-14)16-7-3-4-12-17-16;1-10-6-7-12(9-11(10)2)13-5-3-4-8-14-13;;/h2*2-3,5-13H,1H3;3-4,7-10,12-13H,1-2,5-6H2;3-6,8-9H,1-2H3;;/q4*-1;;. The van der Waals surface area contributed by atoms with Crippen LogP contribution in [0.1, 0.15) is 59.7 Å². The predicted molar refractivity (Wildman–Crippen MR) is 335 cm³/mol. The third kappa shape index (κ3) is 14.1. The normalized spacial score (nSPS) is 11.8. The van der Waals surface area contributed by atoms with Crippen molar-refractivity contribution in [1.82, 2.24) is 29.9 Å². The molecule has 1 fully saturated rings. The van der Waals surface area contributed by atoms with Crippen LogP contribution < -0.4 is 0 Å². The van der Waals surface area contributed by atoms with Crippen LogP contribution in [0.4, 0.5) is 8.78 Å². The predicted octanol–water partition coefficient (Wildman–Crippen LogP) is 19.3. The molecule has 87 heavy (non-hydrogen) atoms. The first-order chi connectivity index (χ1) is 41.6. The van der Waals surface area contributed by atoms with Gasteiger partial charge < -0.3 is 28.8 Å². The number of nitrogens with zero attached hydrogens (tertiary/aromatic N) is 6. The summed E-state index contributed by atoms with van der Waals surface area (Å²) in [4.78, 5) is 26.6. The molecule has 12 heteroatoms. The monoisotopic (exact) mass is 1500 g/mol. The fourth-order valence-corrected chi connectivity index (χ4v) is 10.6. The second kappa shape index (κ2) is 28.0. The van der Waals surface area contributed by atoms with Crippen LogP contribution >= 0.6 is 0 Å². The molecule has 0 aliphatic heterocycles. The number of rotatable bonds is 7. The van der Waals surface area contributed by atoms with Crippen molar-refractivity contribution >= 4 is 44.1 Å². The van der Waals surface area contributed by atoms with Crippen molar-refractivity contribution in [2.45, 2.75) is 59.3 Å². The van der Waals surface area contributed by atoms with Crippen LogP contribution in [-0.2, 0) is 40.2 Å². The van der Waals surface area contributed by atoms with Crippen molar-refractivity contribution in [1.29, 1.82) is 0 Å². The molecule has 15 rings (SSSR count). The van der Waals surface area contributed by atoms with Crippen molar-refractivity contribution < 1.29 is 57.8 Å². The van der Waals surface area contributed by atoms with Crippen LogP contribution in [0.25, 0.3) is 111 Å². The van der Waals surface area contributed by atoms with E-state index in [-0.39, 0.29) is 51.8 Å². The van der Waals surface area contributed by atoms with Crippen LogP contribution in [0.2, 0.25) is 0 Å². The Balaban J connectivity index is 0.000000132. The van der Waals surface area contributed by atoms with E-state index < -0.39 is 0 Å². The van der Waals surface area contributed by atoms with E-state index in [1.807, 2.05) is 135 Å². The summed E-state index contributed by atoms with van der Waals surface area (Å²) in [6.07, 6.45) is 12.6. The summed E-state index contributed by atoms with van der Waals surface area (Å²) in [5.74, 6) is 0.261. The summed E-state index contributed by atoms with van der Waals surface area (Å²) in [7, 11) is 0. The Kier molecular flexibility index (Phi) is 19.7. The van der Waals surface area contributed by atoms with Gasteiger partial charge in [-0.25, -0.2) is 18.7 Å². The molecule has 6 aromatic carbocycles. The molecule has 1 aliphatic rings. The number of aryl methyl sites for hydroxylation is 4. The van der Waals surface area contributed by atoms with Gasteiger partial charge in [-0.15, -0.1) is 107 Å². The largest absolute Gasteiger partial charge is 0.486 e. The fraction of sp³-hybridized carbons (Fsp3) is 0.120. The molecule has 0 saturated heterocycles. The molecule has 1 saturated carbocycles. The Morgan fingerprint density at radius 1 is 0.414 bits per heavy atom. The first kappa shape index (κ1) is 61.1. The summed E-state index contributed by atoms with van der Waals surface area (Å²) < 4.78 is 38.5. The second-order valence-electron chi connectivity index (χ2n) is 21.0. The van der Waals surface area contributed by atoms with Gasteiger partial charge in [-0.05, 0) is 132 Å². The van der Waals surface area contributed by atoms with Crippen molar-refractivity contribution in [2.24, 2.45) is 0 Å². The van der Waals surface area contributed by atoms with Gasteiger partial charge in [0.15, 0.2) is 0 Å². The summed E-state index contributed by atoms with van der Waals surface area (Å²) in [6, 6.07) is 71.9. The molecule has 1 aliphatic carbocycles. The van der Waals surface area contributed by atoms with E-state index >= 15 is 0 Å². The molecule has 434 valence electrons. The van der Waals surface area contributed by atoms with Gasteiger partial charge >= 0.3 is 0 Å². The average Bonchev–Trinajstić information content (AvgIpc) is 1.86. The van der Waals surface area contributed by atoms with E-state index in [2.05, 4.69) is 92.3 Å². The summed E-state index contributed by atoms with van der Waals surface area (Å²) in [5.41, 5.74) is 19.4. The third-order valence-corrected chi connectivity index (χ3v) is 15.2. The van der Waals surface area contributed by atoms with Gasteiger partial charge in [0.25, 0.3) is 0 Å². The van der Waals surface area contributed by atoms with E-state index in [4.69, 9.17) is 8.83 Å². The first-order valence-corrected chi connectivity index (χ1v) is 28.3. The quantitative estimate of drug-likeness (QED) is 0.145. The fourth-order valence-electron chi connectivity index (χ4n) is 10.6. The topological polar surface area (TPSA) is 104 Å². The van der Waals surface area contributed by atoms with Crippen LogP contribution in [0.3, 0.4) is 0 Å². The molecule has 14 aromatic rings. The Morgan fingerprint density at radius 2 is 0.897 bits per heavy atom. The van der Waals surface area contributed by atoms with E-state index in [0.29, 0.717) is 22.6 Å². The number of benzene rings is 6. The molecule has 2 radical (unpaired) electrons. The van der Waals surface area contributed by atoms with Gasteiger partial charge in [0.1, 0.15) is 11.6 Å². The van der Waals surface area contributed by atoms with Gasteiger partial charge in [-0.1, -0.05) is 128 Å². The van der Waals surface area contributed by atoms with Crippen molar-refractivity contribution in [2.75, 3.05) is 0 Å². The molecular formula is C75H56F2Ir2N6O2-4. The minimum Gasteiger partial charge on any atom is -0.486 e. The summed E-state index contributed by atoms with van der Waals surface area (Å²) in [5, 5.41) is 3.92. The zero-order chi connectivity index (χ0) is 58.2. The summed E-state index contributed by atoms with van der Waals surface area (Å²) in [6.45, 7) is 8.07. The Labute approximate surface area is 531 Å². The van der Waals surface area contributed by atoms with Crippen LogP contribution in [0, 0.1) is 63.6 Å². The Bertz CT molecular complexity index is 4410. The molecule has 0 bridgehead atoms. The number of fused-ring (bicyclic) bond motifs is 6. The number of halogens is 2. The average molecular weight is 1500 g/mol. The first-order valence-electron chi connectivity index (χ1n) is 28.3. The van der Waals surface area contributed by atoms with Gasteiger partial charge in [-0.2, -0.15) is 0 Å². The van der Waals surface area contributed by atoms with E-state index in [0.717, 1.165) is 106 Å². The maximum Gasteiger partial charge on any atom is 0.216 e. The second-order valence-corrected chi connectivity index (χ2v) is 21.0. The maximum atomic E-state index is 13.2. The van der Waals surface area contributed by atoms with Crippen LogP contribution in [0.5, 0.6) is 0 Å². The zero-order valence-electron chi connectivity index (χ0n) is 48.0. The molecule has 0 unspecified atom stereocenters. The minimum absolute atomic E-state index is 0. The summed E-state index contributed by atoms with van der Waals surface area (Å²) >= 11 is 0. The van der Waals surface area contributed by atoms with Crippen molar-refractivity contribution in [3.05, 3.63) is 277 Å². The van der Waals surface area contributed by atoms with Gasteiger partial charge in [0.2, 0.25) is 11.4 Å². The maximum absolute atomic E-state index is 13.2. The molecule has 8 nitrogen and oxygen atoms in total. The Hall–Kier alpha value is -9.02. The van der Waals surface area contributed by atoms with Gasteiger partial charge in [-0.3, -0.25) is 0 Å². The minimum atomic E-state index is -0.254. The SMILES string of the molecule is Cc1c[c-]c(-c2ccccn2)cc1C.Cc1ccc2c(n1)oc1c(-c3cc(-c4ccc(F)cc4)ccn3)[c-]ccc12.Cc1ccc2c(n1)oc1c(-c3cc(-c4ccc(F)cc4)ccn3)[c-]ccc12.[Ir].[Ir].[c-]1cc(C2CCCC2)ccc1-c1ccccn1. The number of hydrogen-bond donors (Lipinski definition) is 0. The molecule has 0 amide bonds.